The van der Waals surface area contributed by atoms with Gasteiger partial charge in [0.05, 0.1) is 19.1 Å². The monoisotopic (exact) mass is 290 g/mol. The maximum Gasteiger partial charge on any atom is 0.224 e. The fourth-order valence-electron chi connectivity index (χ4n) is 2.80. The van der Waals surface area contributed by atoms with Crippen LogP contribution in [0.5, 0.6) is 5.75 Å². The van der Waals surface area contributed by atoms with Crippen molar-refractivity contribution >= 4 is 5.91 Å². The van der Waals surface area contributed by atoms with E-state index in [4.69, 9.17) is 4.74 Å². The highest BCUT2D eigenvalue weighted by molar-refractivity contribution is 5.80. The standard InChI is InChI=1S/C17H26N2O2/c1-17(2,3)15(13-7-5-6-8-14(13)21-4)19-16(20)12-9-10-18-11-12/h5-8,12,15,18H,9-11H2,1-4H3,(H,19,20)/t12-,15+/m1/s1. The Kier molecular flexibility index (Phi) is 4.88. The van der Waals surface area contributed by atoms with Gasteiger partial charge in [0.15, 0.2) is 0 Å². The highest BCUT2D eigenvalue weighted by Crippen LogP contribution is 2.37. The van der Waals surface area contributed by atoms with E-state index in [9.17, 15) is 4.79 Å². The second-order valence-electron chi connectivity index (χ2n) is 6.74. The van der Waals surface area contributed by atoms with E-state index in [-0.39, 0.29) is 23.3 Å². The summed E-state index contributed by atoms with van der Waals surface area (Å²) >= 11 is 0. The Bertz CT molecular complexity index is 488. The highest BCUT2D eigenvalue weighted by Gasteiger charge is 2.32. The largest absolute Gasteiger partial charge is 0.496 e. The van der Waals surface area contributed by atoms with E-state index < -0.39 is 0 Å². The fourth-order valence-corrected chi connectivity index (χ4v) is 2.80. The number of rotatable bonds is 4. The van der Waals surface area contributed by atoms with E-state index in [1.807, 2.05) is 24.3 Å². The van der Waals surface area contributed by atoms with E-state index in [1.165, 1.54) is 0 Å². The van der Waals surface area contributed by atoms with Crippen molar-refractivity contribution in [1.82, 2.24) is 10.6 Å². The number of hydrogen-bond acceptors (Lipinski definition) is 3. The topological polar surface area (TPSA) is 50.4 Å². The predicted octanol–water partition coefficient (Wildman–Crippen LogP) is 2.51. The number of benzene rings is 1. The quantitative estimate of drug-likeness (QED) is 0.896. The minimum Gasteiger partial charge on any atom is -0.496 e. The second-order valence-corrected chi connectivity index (χ2v) is 6.74. The van der Waals surface area contributed by atoms with Crippen molar-refractivity contribution in [3.05, 3.63) is 29.8 Å². The molecule has 1 aromatic carbocycles. The molecular weight excluding hydrogens is 264 g/mol. The molecule has 0 unspecified atom stereocenters. The Morgan fingerprint density at radius 1 is 1.38 bits per heavy atom. The van der Waals surface area contributed by atoms with Gasteiger partial charge in [-0.05, 0) is 24.4 Å². The number of nitrogens with one attached hydrogen (secondary N) is 2. The molecule has 2 atom stereocenters. The van der Waals surface area contributed by atoms with Crippen molar-refractivity contribution in [1.29, 1.82) is 0 Å². The lowest BCUT2D eigenvalue weighted by molar-refractivity contribution is -0.126. The molecule has 116 valence electrons. The Hall–Kier alpha value is -1.55. The van der Waals surface area contributed by atoms with Gasteiger partial charge in [-0.2, -0.15) is 0 Å². The zero-order valence-electron chi connectivity index (χ0n) is 13.4. The number of carbonyl (C=O) groups is 1. The van der Waals surface area contributed by atoms with Gasteiger partial charge < -0.3 is 15.4 Å². The Morgan fingerprint density at radius 3 is 2.67 bits per heavy atom. The molecule has 0 spiro atoms. The van der Waals surface area contributed by atoms with Crippen LogP contribution in [0.4, 0.5) is 0 Å². The van der Waals surface area contributed by atoms with Crippen molar-refractivity contribution in [2.75, 3.05) is 20.2 Å². The first kappa shape index (κ1) is 15.8. The summed E-state index contributed by atoms with van der Waals surface area (Å²) in [6, 6.07) is 7.84. The van der Waals surface area contributed by atoms with Crippen LogP contribution in [0.25, 0.3) is 0 Å². The first-order valence-electron chi connectivity index (χ1n) is 7.57. The van der Waals surface area contributed by atoms with Gasteiger partial charge >= 0.3 is 0 Å². The van der Waals surface area contributed by atoms with Gasteiger partial charge in [-0.3, -0.25) is 4.79 Å². The molecule has 4 heteroatoms. The molecule has 1 heterocycles. The lowest BCUT2D eigenvalue weighted by Gasteiger charge is -2.33. The van der Waals surface area contributed by atoms with Crippen LogP contribution < -0.4 is 15.4 Å². The van der Waals surface area contributed by atoms with Crippen molar-refractivity contribution in [3.63, 3.8) is 0 Å². The van der Waals surface area contributed by atoms with Crippen LogP contribution in [0.2, 0.25) is 0 Å². The van der Waals surface area contributed by atoms with Crippen LogP contribution in [-0.4, -0.2) is 26.1 Å². The third-order valence-corrected chi connectivity index (χ3v) is 4.03. The van der Waals surface area contributed by atoms with Crippen molar-refractivity contribution in [2.45, 2.75) is 33.2 Å². The van der Waals surface area contributed by atoms with Gasteiger partial charge in [0, 0.05) is 12.1 Å². The Balaban J connectivity index is 2.24. The first-order chi connectivity index (χ1) is 9.93. The van der Waals surface area contributed by atoms with Crippen molar-refractivity contribution < 1.29 is 9.53 Å². The normalized spacial score (nSPS) is 20.1. The molecule has 1 aromatic rings. The average Bonchev–Trinajstić information content (AvgIpc) is 2.97. The summed E-state index contributed by atoms with van der Waals surface area (Å²) in [5, 5.41) is 6.47. The first-order valence-corrected chi connectivity index (χ1v) is 7.57. The molecule has 0 aliphatic carbocycles. The van der Waals surface area contributed by atoms with Crippen LogP contribution in [0.15, 0.2) is 24.3 Å². The van der Waals surface area contributed by atoms with Crippen LogP contribution in [-0.2, 0) is 4.79 Å². The van der Waals surface area contributed by atoms with Gasteiger partial charge in [-0.15, -0.1) is 0 Å². The third kappa shape index (κ3) is 3.76. The lowest BCUT2D eigenvalue weighted by atomic mass is 9.81. The number of ether oxygens (including phenoxy) is 1. The zero-order chi connectivity index (χ0) is 15.5. The maximum absolute atomic E-state index is 12.5. The molecule has 0 aromatic heterocycles. The predicted molar refractivity (Wildman–Crippen MR) is 84.3 cm³/mol. The number of carbonyl (C=O) groups excluding carboxylic acids is 1. The van der Waals surface area contributed by atoms with Crippen LogP contribution in [0.1, 0.15) is 38.8 Å². The molecule has 2 N–H and O–H groups in total. The fraction of sp³-hybridized carbons (Fsp3) is 0.588. The van der Waals surface area contributed by atoms with E-state index in [0.717, 1.165) is 30.8 Å². The van der Waals surface area contributed by atoms with Crippen LogP contribution >= 0.6 is 0 Å². The molecule has 21 heavy (non-hydrogen) atoms. The number of methoxy groups -OCH3 is 1. The van der Waals surface area contributed by atoms with E-state index in [1.54, 1.807) is 7.11 Å². The van der Waals surface area contributed by atoms with Gasteiger partial charge in [-0.25, -0.2) is 0 Å². The summed E-state index contributed by atoms with van der Waals surface area (Å²) in [5.74, 6) is 1.03. The van der Waals surface area contributed by atoms with Gasteiger partial charge in [-0.1, -0.05) is 39.0 Å². The van der Waals surface area contributed by atoms with Crippen molar-refractivity contribution in [3.8, 4) is 5.75 Å². The smallest absolute Gasteiger partial charge is 0.224 e. The van der Waals surface area contributed by atoms with E-state index >= 15 is 0 Å². The SMILES string of the molecule is COc1ccccc1[C@H](NC(=O)[C@@H]1CCNC1)C(C)(C)C. The van der Waals surface area contributed by atoms with Crippen LogP contribution in [0.3, 0.4) is 0 Å². The molecule has 1 aliphatic rings. The summed E-state index contributed by atoms with van der Waals surface area (Å²) in [5.41, 5.74) is 0.947. The summed E-state index contributed by atoms with van der Waals surface area (Å²) in [7, 11) is 1.67. The number of amides is 1. The van der Waals surface area contributed by atoms with Gasteiger partial charge in [0.25, 0.3) is 0 Å². The zero-order valence-corrected chi connectivity index (χ0v) is 13.4. The molecule has 1 fully saturated rings. The molecule has 0 saturated carbocycles. The third-order valence-electron chi connectivity index (χ3n) is 4.03. The molecule has 1 amide bonds. The second kappa shape index (κ2) is 6.48. The Morgan fingerprint density at radius 2 is 2.10 bits per heavy atom. The highest BCUT2D eigenvalue weighted by atomic mass is 16.5. The molecule has 0 radical (unpaired) electrons. The van der Waals surface area contributed by atoms with E-state index in [2.05, 4.69) is 31.4 Å². The molecule has 1 aliphatic heterocycles. The molecule has 4 nitrogen and oxygen atoms in total. The summed E-state index contributed by atoms with van der Waals surface area (Å²) in [4.78, 5) is 12.5. The summed E-state index contributed by atoms with van der Waals surface area (Å²) in [6.45, 7) is 8.10. The molecule has 2 rings (SSSR count). The minimum atomic E-state index is -0.0870. The van der Waals surface area contributed by atoms with E-state index in [0.29, 0.717) is 0 Å². The number of para-hydroxylation sites is 1. The molecule has 1 saturated heterocycles. The van der Waals surface area contributed by atoms with Crippen LogP contribution in [0, 0.1) is 11.3 Å². The summed E-state index contributed by atoms with van der Waals surface area (Å²) in [6.07, 6.45) is 0.911. The Labute approximate surface area is 127 Å². The maximum atomic E-state index is 12.5. The van der Waals surface area contributed by atoms with Gasteiger partial charge in [0.2, 0.25) is 5.91 Å². The van der Waals surface area contributed by atoms with Crippen molar-refractivity contribution in [2.24, 2.45) is 11.3 Å². The van der Waals surface area contributed by atoms with Gasteiger partial charge in [0.1, 0.15) is 5.75 Å². The molecular formula is C17H26N2O2. The average molecular weight is 290 g/mol. The number of hydrogen-bond donors (Lipinski definition) is 2. The minimum absolute atomic E-state index is 0.0678. The lowest BCUT2D eigenvalue weighted by Crippen LogP contribution is -2.40. The summed E-state index contributed by atoms with van der Waals surface area (Å²) < 4.78 is 5.46. The molecule has 0 bridgehead atoms.